The summed E-state index contributed by atoms with van der Waals surface area (Å²) in [5.41, 5.74) is -0.182. The van der Waals surface area contributed by atoms with Gasteiger partial charge < -0.3 is 14.4 Å². The van der Waals surface area contributed by atoms with Gasteiger partial charge in [-0.15, -0.1) is 0 Å². The Morgan fingerprint density at radius 3 is 2.48 bits per heavy atom. The van der Waals surface area contributed by atoms with Gasteiger partial charge in [-0.2, -0.15) is 11.3 Å². The Balaban J connectivity index is 1.85. The smallest absolute Gasteiger partial charge is 0.350 e. The van der Waals surface area contributed by atoms with E-state index in [2.05, 4.69) is 0 Å². The molecule has 2 aromatic rings. The van der Waals surface area contributed by atoms with E-state index >= 15 is 0 Å². The number of esters is 1. The predicted octanol–water partition coefficient (Wildman–Crippen LogP) is 3.76. The van der Waals surface area contributed by atoms with Gasteiger partial charge in [-0.3, -0.25) is 4.79 Å². The van der Waals surface area contributed by atoms with Gasteiger partial charge in [0.15, 0.2) is 12.2 Å². The summed E-state index contributed by atoms with van der Waals surface area (Å²) in [7, 11) is 1.67. The molecule has 7 heteroatoms. The summed E-state index contributed by atoms with van der Waals surface area (Å²) < 4.78 is 10.8. The number of amides is 1. The lowest BCUT2D eigenvalue weighted by atomic mass is 10.1. The summed E-state index contributed by atoms with van der Waals surface area (Å²) in [6, 6.07) is 8.61. The van der Waals surface area contributed by atoms with Crippen LogP contribution in [0.4, 0.5) is 0 Å². The second-order valence-electron chi connectivity index (χ2n) is 6.02. The van der Waals surface area contributed by atoms with E-state index in [1.807, 2.05) is 16.8 Å². The molecule has 0 radical (unpaired) electrons. The molecule has 0 saturated carbocycles. The summed E-state index contributed by atoms with van der Waals surface area (Å²) in [4.78, 5) is 25.8. The molecule has 134 valence electrons. The van der Waals surface area contributed by atoms with Gasteiger partial charge >= 0.3 is 5.97 Å². The van der Waals surface area contributed by atoms with E-state index in [1.165, 1.54) is 4.90 Å². The number of halogens is 1. The molecule has 5 nitrogen and oxygen atoms in total. The molecule has 25 heavy (non-hydrogen) atoms. The first kappa shape index (κ1) is 19.3. The van der Waals surface area contributed by atoms with Gasteiger partial charge in [-0.05, 0) is 60.5 Å². The zero-order valence-corrected chi connectivity index (χ0v) is 15.9. The highest BCUT2D eigenvalue weighted by atomic mass is 35.5. The molecule has 0 saturated heterocycles. The summed E-state index contributed by atoms with van der Waals surface area (Å²) in [6.45, 7) is 3.32. The lowest BCUT2D eigenvalue weighted by molar-refractivity contribution is -0.163. The van der Waals surface area contributed by atoms with Crippen LogP contribution < -0.4 is 4.74 Å². The number of nitrogens with zero attached hydrogens (tertiary/aromatic N) is 1. The third-order valence-electron chi connectivity index (χ3n) is 3.43. The van der Waals surface area contributed by atoms with Crippen molar-refractivity contribution in [2.24, 2.45) is 0 Å². The summed E-state index contributed by atoms with van der Waals surface area (Å²) >= 11 is 7.39. The van der Waals surface area contributed by atoms with Crippen molar-refractivity contribution in [3.05, 3.63) is 51.7 Å². The molecule has 1 amide bonds. The minimum atomic E-state index is -1.22. The Labute approximate surface area is 156 Å². The first-order valence-corrected chi connectivity index (χ1v) is 8.97. The molecule has 0 unspecified atom stereocenters. The number of rotatable bonds is 7. The lowest BCUT2D eigenvalue weighted by Crippen LogP contribution is -2.41. The molecule has 0 aliphatic rings. The minimum Gasteiger partial charge on any atom is -0.476 e. The van der Waals surface area contributed by atoms with Crippen molar-refractivity contribution in [2.45, 2.75) is 26.0 Å². The highest BCUT2D eigenvalue weighted by Gasteiger charge is 2.32. The predicted molar refractivity (Wildman–Crippen MR) is 97.9 cm³/mol. The second-order valence-corrected chi connectivity index (χ2v) is 7.24. The van der Waals surface area contributed by atoms with E-state index in [0.29, 0.717) is 17.3 Å². The van der Waals surface area contributed by atoms with E-state index < -0.39 is 11.6 Å². The highest BCUT2D eigenvalue weighted by molar-refractivity contribution is 7.07. The molecule has 1 heterocycles. The number of carbonyl (C=O) groups is 2. The van der Waals surface area contributed by atoms with Crippen LogP contribution in [-0.4, -0.2) is 36.0 Å². The standard InChI is InChI=1S/C18H20ClNO4S/c1-18(2,24-15-6-4-14(19)5-7-15)17(22)23-11-16(21)20(3)10-13-8-9-25-12-13/h4-9,12H,10-11H2,1-3H3. The summed E-state index contributed by atoms with van der Waals surface area (Å²) in [6.07, 6.45) is 0. The van der Waals surface area contributed by atoms with Gasteiger partial charge in [-0.25, -0.2) is 4.79 Å². The topological polar surface area (TPSA) is 55.8 Å². The Kier molecular flexibility index (Phi) is 6.45. The molecule has 0 spiro atoms. The van der Waals surface area contributed by atoms with Gasteiger partial charge in [0.25, 0.3) is 5.91 Å². The average Bonchev–Trinajstić information content (AvgIpc) is 3.07. The van der Waals surface area contributed by atoms with Crippen LogP contribution in [0.2, 0.25) is 5.02 Å². The molecule has 0 fully saturated rings. The molecular weight excluding hydrogens is 362 g/mol. The molecular formula is C18H20ClNO4S. The molecule has 0 atom stereocenters. The first-order chi connectivity index (χ1) is 11.8. The van der Waals surface area contributed by atoms with Crippen LogP contribution in [-0.2, 0) is 20.9 Å². The zero-order chi connectivity index (χ0) is 18.4. The zero-order valence-electron chi connectivity index (χ0n) is 14.3. The van der Waals surface area contributed by atoms with Crippen LogP contribution in [0.25, 0.3) is 0 Å². The van der Waals surface area contributed by atoms with Crippen LogP contribution in [0.3, 0.4) is 0 Å². The average molecular weight is 382 g/mol. The lowest BCUT2D eigenvalue weighted by Gasteiger charge is -2.25. The summed E-state index contributed by atoms with van der Waals surface area (Å²) in [5.74, 6) is -0.395. The number of benzene rings is 1. The Morgan fingerprint density at radius 1 is 1.20 bits per heavy atom. The second kappa shape index (κ2) is 8.36. The molecule has 0 bridgehead atoms. The van der Waals surface area contributed by atoms with Crippen LogP contribution >= 0.6 is 22.9 Å². The van der Waals surface area contributed by atoms with Crippen molar-refractivity contribution in [2.75, 3.05) is 13.7 Å². The van der Waals surface area contributed by atoms with Crippen molar-refractivity contribution in [1.29, 1.82) is 0 Å². The van der Waals surface area contributed by atoms with E-state index in [4.69, 9.17) is 21.1 Å². The fourth-order valence-corrected chi connectivity index (χ4v) is 2.78. The van der Waals surface area contributed by atoms with Crippen molar-refractivity contribution >= 4 is 34.8 Å². The van der Waals surface area contributed by atoms with Gasteiger partial charge in [-0.1, -0.05) is 11.6 Å². The number of ether oxygens (including phenoxy) is 2. The quantitative estimate of drug-likeness (QED) is 0.685. The van der Waals surface area contributed by atoms with Crippen molar-refractivity contribution in [3.63, 3.8) is 0 Å². The van der Waals surface area contributed by atoms with Gasteiger partial charge in [0.2, 0.25) is 0 Å². The normalized spacial score (nSPS) is 11.0. The van der Waals surface area contributed by atoms with E-state index in [0.717, 1.165) is 5.56 Å². The monoisotopic (exact) mass is 381 g/mol. The van der Waals surface area contributed by atoms with Gasteiger partial charge in [0, 0.05) is 18.6 Å². The molecule has 0 aliphatic carbocycles. The molecule has 2 rings (SSSR count). The number of hydrogen-bond donors (Lipinski definition) is 0. The number of hydrogen-bond acceptors (Lipinski definition) is 5. The molecule has 1 aromatic carbocycles. The Morgan fingerprint density at radius 2 is 1.88 bits per heavy atom. The SMILES string of the molecule is CN(Cc1ccsc1)C(=O)COC(=O)C(C)(C)Oc1ccc(Cl)cc1. The fourth-order valence-electron chi connectivity index (χ4n) is 1.99. The maximum atomic E-state index is 12.2. The number of carbonyl (C=O) groups excluding carboxylic acids is 2. The van der Waals surface area contributed by atoms with Crippen LogP contribution in [0.5, 0.6) is 5.75 Å². The third-order valence-corrected chi connectivity index (χ3v) is 4.41. The van der Waals surface area contributed by atoms with Crippen molar-refractivity contribution in [1.82, 2.24) is 4.90 Å². The fraction of sp³-hybridized carbons (Fsp3) is 0.333. The van der Waals surface area contributed by atoms with Crippen LogP contribution in [0.1, 0.15) is 19.4 Å². The summed E-state index contributed by atoms with van der Waals surface area (Å²) in [5, 5.41) is 4.50. The number of thiophene rings is 1. The maximum absolute atomic E-state index is 12.2. The maximum Gasteiger partial charge on any atom is 0.350 e. The van der Waals surface area contributed by atoms with Crippen molar-refractivity contribution in [3.8, 4) is 5.75 Å². The third kappa shape index (κ3) is 5.76. The van der Waals surface area contributed by atoms with Gasteiger partial charge in [0.1, 0.15) is 5.75 Å². The van der Waals surface area contributed by atoms with Crippen LogP contribution in [0.15, 0.2) is 41.1 Å². The molecule has 0 N–H and O–H groups in total. The van der Waals surface area contributed by atoms with Gasteiger partial charge in [0.05, 0.1) is 0 Å². The first-order valence-electron chi connectivity index (χ1n) is 7.65. The van der Waals surface area contributed by atoms with E-state index in [1.54, 1.807) is 56.5 Å². The highest BCUT2D eigenvalue weighted by Crippen LogP contribution is 2.21. The van der Waals surface area contributed by atoms with E-state index in [-0.39, 0.29) is 12.5 Å². The van der Waals surface area contributed by atoms with Crippen LogP contribution in [0, 0.1) is 0 Å². The number of likely N-dealkylation sites (N-methyl/N-ethyl adjacent to an activating group) is 1. The Hall–Kier alpha value is -2.05. The largest absolute Gasteiger partial charge is 0.476 e. The van der Waals surface area contributed by atoms with E-state index in [9.17, 15) is 9.59 Å². The molecule has 0 aliphatic heterocycles. The molecule has 1 aromatic heterocycles. The Bertz CT molecular complexity index is 713. The van der Waals surface area contributed by atoms with Crippen molar-refractivity contribution < 1.29 is 19.1 Å². The minimum absolute atomic E-state index is 0.276.